The number of nitrogens with one attached hydrogen (secondary N) is 2. The molecule has 0 aliphatic carbocycles. The summed E-state index contributed by atoms with van der Waals surface area (Å²) in [7, 11) is -3.81. The molecule has 1 aromatic heterocycles. The highest BCUT2D eigenvalue weighted by Crippen LogP contribution is 2.22. The highest BCUT2D eigenvalue weighted by Gasteiger charge is 2.17. The number of H-pyrrole nitrogens is 1. The zero-order valence-electron chi connectivity index (χ0n) is 9.44. The van der Waals surface area contributed by atoms with Crippen molar-refractivity contribution < 1.29 is 12.8 Å². The van der Waals surface area contributed by atoms with Crippen molar-refractivity contribution in [2.75, 3.05) is 10.5 Å². The highest BCUT2D eigenvalue weighted by molar-refractivity contribution is 7.92. The fraction of sp³-hybridized carbons (Fsp3) is 0.100. The Morgan fingerprint density at radius 1 is 1.44 bits per heavy atom. The lowest BCUT2D eigenvalue weighted by Crippen LogP contribution is -2.14. The molecule has 0 bridgehead atoms. The number of aryl methyl sites for hydroxylation is 1. The van der Waals surface area contributed by atoms with Crippen LogP contribution in [0.15, 0.2) is 29.3 Å². The summed E-state index contributed by atoms with van der Waals surface area (Å²) in [6, 6.07) is 3.74. The average molecular weight is 270 g/mol. The number of nitrogen functional groups attached to an aromatic ring is 1. The minimum Gasteiger partial charge on any atom is -0.396 e. The molecule has 0 unspecified atom stereocenters. The number of halogens is 1. The van der Waals surface area contributed by atoms with Crippen molar-refractivity contribution in [3.05, 3.63) is 35.8 Å². The topological polar surface area (TPSA) is 101 Å². The van der Waals surface area contributed by atoms with Gasteiger partial charge in [0.1, 0.15) is 11.6 Å². The van der Waals surface area contributed by atoms with Crippen LogP contribution in [0.2, 0.25) is 0 Å². The van der Waals surface area contributed by atoms with Gasteiger partial charge in [-0.15, -0.1) is 0 Å². The first-order chi connectivity index (χ1) is 8.40. The monoisotopic (exact) mass is 270 g/mol. The Bertz CT molecular complexity index is 644. The quantitative estimate of drug-likeness (QED) is 0.730. The number of sulfonamides is 1. The van der Waals surface area contributed by atoms with E-state index in [1.165, 1.54) is 25.3 Å². The van der Waals surface area contributed by atoms with Gasteiger partial charge in [-0.05, 0) is 24.6 Å². The van der Waals surface area contributed by atoms with E-state index in [-0.39, 0.29) is 22.0 Å². The molecule has 0 aliphatic rings. The van der Waals surface area contributed by atoms with Crippen LogP contribution in [-0.2, 0) is 10.0 Å². The van der Waals surface area contributed by atoms with Crippen molar-refractivity contribution in [2.45, 2.75) is 11.8 Å². The van der Waals surface area contributed by atoms with Crippen LogP contribution in [0.25, 0.3) is 0 Å². The number of aromatic amines is 1. The molecule has 0 aliphatic heterocycles. The zero-order chi connectivity index (χ0) is 13.3. The number of benzene rings is 1. The molecular weight excluding hydrogens is 259 g/mol. The number of anilines is 2. The van der Waals surface area contributed by atoms with Crippen LogP contribution in [0.1, 0.15) is 5.56 Å². The second-order valence-corrected chi connectivity index (χ2v) is 5.40. The Kier molecular flexibility index (Phi) is 2.95. The Labute approximate surface area is 103 Å². The molecule has 2 aromatic rings. The lowest BCUT2D eigenvalue weighted by molar-refractivity contribution is 0.599. The van der Waals surface area contributed by atoms with Crippen LogP contribution >= 0.6 is 0 Å². The molecule has 0 fully saturated rings. The van der Waals surface area contributed by atoms with Gasteiger partial charge in [-0.1, -0.05) is 0 Å². The maximum atomic E-state index is 13.3. The third-order valence-corrected chi connectivity index (χ3v) is 3.66. The number of aromatic nitrogens is 2. The molecule has 0 spiro atoms. The zero-order valence-corrected chi connectivity index (χ0v) is 10.3. The van der Waals surface area contributed by atoms with Gasteiger partial charge >= 0.3 is 0 Å². The number of hydrogen-bond donors (Lipinski definition) is 3. The van der Waals surface area contributed by atoms with E-state index >= 15 is 0 Å². The molecule has 0 saturated heterocycles. The van der Waals surface area contributed by atoms with Crippen LogP contribution < -0.4 is 10.5 Å². The number of rotatable bonds is 3. The summed E-state index contributed by atoms with van der Waals surface area (Å²) >= 11 is 0. The van der Waals surface area contributed by atoms with Gasteiger partial charge in [0.05, 0.1) is 16.8 Å². The SMILES string of the molecule is Cc1cc(S(=O)(=O)Nc2ccn[nH]2)cc(N)c1F. The van der Waals surface area contributed by atoms with Gasteiger partial charge in [-0.2, -0.15) is 5.10 Å². The summed E-state index contributed by atoms with van der Waals surface area (Å²) in [5.41, 5.74) is 5.36. The van der Waals surface area contributed by atoms with Crippen LogP contribution in [0.5, 0.6) is 0 Å². The summed E-state index contributed by atoms with van der Waals surface area (Å²) in [5, 5.41) is 6.07. The van der Waals surface area contributed by atoms with E-state index < -0.39 is 15.8 Å². The summed E-state index contributed by atoms with van der Waals surface area (Å²) in [4.78, 5) is -0.103. The van der Waals surface area contributed by atoms with Crippen molar-refractivity contribution in [3.63, 3.8) is 0 Å². The van der Waals surface area contributed by atoms with E-state index in [0.29, 0.717) is 0 Å². The molecule has 8 heteroatoms. The van der Waals surface area contributed by atoms with E-state index in [1.807, 2.05) is 0 Å². The predicted molar refractivity (Wildman–Crippen MR) is 64.9 cm³/mol. The van der Waals surface area contributed by atoms with Crippen molar-refractivity contribution in [1.82, 2.24) is 10.2 Å². The van der Waals surface area contributed by atoms with Crippen molar-refractivity contribution in [3.8, 4) is 0 Å². The predicted octanol–water partition coefficient (Wildman–Crippen LogP) is 1.24. The maximum Gasteiger partial charge on any atom is 0.263 e. The molecule has 1 heterocycles. The summed E-state index contributed by atoms with van der Waals surface area (Å²) in [5.74, 6) is -0.397. The third-order valence-electron chi connectivity index (χ3n) is 2.31. The van der Waals surface area contributed by atoms with Gasteiger partial charge in [-0.3, -0.25) is 9.82 Å². The molecule has 2 rings (SSSR count). The highest BCUT2D eigenvalue weighted by atomic mass is 32.2. The van der Waals surface area contributed by atoms with Crippen molar-refractivity contribution in [1.29, 1.82) is 0 Å². The molecule has 0 amide bonds. The lowest BCUT2D eigenvalue weighted by atomic mass is 10.2. The third kappa shape index (κ3) is 2.28. The number of hydrogen-bond acceptors (Lipinski definition) is 4. The van der Waals surface area contributed by atoms with E-state index in [2.05, 4.69) is 14.9 Å². The average Bonchev–Trinajstić information content (AvgIpc) is 2.77. The van der Waals surface area contributed by atoms with Gasteiger partial charge < -0.3 is 5.73 Å². The van der Waals surface area contributed by atoms with Gasteiger partial charge in [0.15, 0.2) is 0 Å². The largest absolute Gasteiger partial charge is 0.396 e. The van der Waals surface area contributed by atoms with Gasteiger partial charge in [0, 0.05) is 6.07 Å². The normalized spacial score (nSPS) is 11.4. The standard InChI is InChI=1S/C10H11FN4O2S/c1-6-4-7(5-8(12)10(6)11)18(16,17)15-9-2-3-13-14-9/h2-5H,12H2,1H3,(H2,13,14,15). The fourth-order valence-corrected chi connectivity index (χ4v) is 2.57. The smallest absolute Gasteiger partial charge is 0.263 e. The Morgan fingerprint density at radius 3 is 2.72 bits per heavy atom. The first-order valence-corrected chi connectivity index (χ1v) is 6.46. The van der Waals surface area contributed by atoms with E-state index in [0.717, 1.165) is 6.07 Å². The fourth-order valence-electron chi connectivity index (χ4n) is 1.43. The Hall–Kier alpha value is -2.09. The van der Waals surface area contributed by atoms with Crippen molar-refractivity contribution >= 4 is 21.5 Å². The molecule has 6 nitrogen and oxygen atoms in total. The molecule has 1 aromatic carbocycles. The number of nitrogens with zero attached hydrogens (tertiary/aromatic N) is 1. The van der Waals surface area contributed by atoms with Gasteiger partial charge in [0.25, 0.3) is 10.0 Å². The molecule has 18 heavy (non-hydrogen) atoms. The second kappa shape index (κ2) is 4.30. The van der Waals surface area contributed by atoms with E-state index in [9.17, 15) is 12.8 Å². The van der Waals surface area contributed by atoms with Gasteiger partial charge in [0.2, 0.25) is 0 Å². The van der Waals surface area contributed by atoms with Crippen LogP contribution in [0.3, 0.4) is 0 Å². The molecule has 4 N–H and O–H groups in total. The van der Waals surface area contributed by atoms with Crippen LogP contribution in [0, 0.1) is 12.7 Å². The minimum absolute atomic E-state index is 0.103. The Morgan fingerprint density at radius 2 is 2.17 bits per heavy atom. The number of nitrogens with two attached hydrogens (primary N) is 1. The summed E-state index contributed by atoms with van der Waals surface area (Å²) in [6.45, 7) is 1.45. The minimum atomic E-state index is -3.81. The first kappa shape index (κ1) is 12.4. The summed E-state index contributed by atoms with van der Waals surface area (Å²) < 4.78 is 39.5. The van der Waals surface area contributed by atoms with Gasteiger partial charge in [-0.25, -0.2) is 12.8 Å². The molecule has 0 saturated carbocycles. The van der Waals surface area contributed by atoms with E-state index in [1.54, 1.807) is 0 Å². The van der Waals surface area contributed by atoms with Crippen LogP contribution in [-0.4, -0.2) is 18.6 Å². The lowest BCUT2D eigenvalue weighted by Gasteiger charge is -2.08. The summed E-state index contributed by atoms with van der Waals surface area (Å²) in [6.07, 6.45) is 1.40. The van der Waals surface area contributed by atoms with E-state index in [4.69, 9.17) is 5.73 Å². The molecule has 0 atom stereocenters. The van der Waals surface area contributed by atoms with Crippen molar-refractivity contribution in [2.24, 2.45) is 0 Å². The molecule has 0 radical (unpaired) electrons. The maximum absolute atomic E-state index is 13.3. The molecular formula is C10H11FN4O2S. The molecule has 96 valence electrons. The first-order valence-electron chi connectivity index (χ1n) is 4.98. The second-order valence-electron chi connectivity index (χ2n) is 3.72. The Balaban J connectivity index is 2.42. The van der Waals surface area contributed by atoms with Crippen LogP contribution in [0.4, 0.5) is 15.9 Å².